The van der Waals surface area contributed by atoms with Crippen LogP contribution >= 0.6 is 11.6 Å². The minimum atomic E-state index is -0.183. The quantitative estimate of drug-likeness (QED) is 0.916. The highest BCUT2D eigenvalue weighted by molar-refractivity contribution is 6.32. The Kier molecular flexibility index (Phi) is 4.76. The zero-order valence-electron chi connectivity index (χ0n) is 13.1. The first-order chi connectivity index (χ1) is 11.0. The Bertz CT molecular complexity index is 607. The van der Waals surface area contributed by atoms with Gasteiger partial charge in [0.05, 0.1) is 11.6 Å². The van der Waals surface area contributed by atoms with Gasteiger partial charge in [-0.15, -0.1) is 0 Å². The van der Waals surface area contributed by atoms with Crippen LogP contribution in [0.1, 0.15) is 19.8 Å². The second-order valence-corrected chi connectivity index (χ2v) is 6.70. The predicted molar refractivity (Wildman–Crippen MR) is 87.3 cm³/mol. The molecule has 3 atom stereocenters. The van der Waals surface area contributed by atoms with Gasteiger partial charge >= 0.3 is 0 Å². The zero-order valence-corrected chi connectivity index (χ0v) is 13.9. The Labute approximate surface area is 140 Å². The molecule has 6 heteroatoms. The number of rotatable bonds is 4. The van der Waals surface area contributed by atoms with Crippen molar-refractivity contribution in [1.82, 2.24) is 10.2 Å². The van der Waals surface area contributed by atoms with Crippen molar-refractivity contribution >= 4 is 23.4 Å². The molecule has 23 heavy (non-hydrogen) atoms. The second-order valence-electron chi connectivity index (χ2n) is 6.30. The molecule has 1 saturated carbocycles. The molecule has 0 bridgehead atoms. The van der Waals surface area contributed by atoms with E-state index in [-0.39, 0.29) is 24.5 Å². The third-order valence-corrected chi connectivity index (χ3v) is 5.06. The van der Waals surface area contributed by atoms with Crippen LogP contribution in [0.25, 0.3) is 0 Å². The van der Waals surface area contributed by atoms with Gasteiger partial charge in [0.25, 0.3) is 0 Å². The van der Waals surface area contributed by atoms with E-state index in [1.54, 1.807) is 0 Å². The lowest BCUT2D eigenvalue weighted by molar-refractivity contribution is -0.131. The fraction of sp³-hybridized carbons (Fsp3) is 0.529. The van der Waals surface area contributed by atoms with Gasteiger partial charge in [-0.25, -0.2) is 0 Å². The van der Waals surface area contributed by atoms with Crippen molar-refractivity contribution in [3.63, 3.8) is 0 Å². The molecule has 0 unspecified atom stereocenters. The number of likely N-dealkylation sites (tertiary alicyclic amines) is 1. The highest BCUT2D eigenvalue weighted by Crippen LogP contribution is 2.41. The maximum Gasteiger partial charge on any atom is 0.241 e. The molecule has 1 aliphatic carbocycles. The summed E-state index contributed by atoms with van der Waals surface area (Å²) in [5, 5.41) is 3.19. The number of ether oxygens (including phenoxy) is 1. The molecule has 1 heterocycles. The number of nitrogens with zero attached hydrogens (tertiary/aromatic N) is 1. The molecule has 1 N–H and O–H groups in total. The van der Waals surface area contributed by atoms with E-state index in [0.29, 0.717) is 29.2 Å². The molecule has 5 nitrogen and oxygen atoms in total. The van der Waals surface area contributed by atoms with Gasteiger partial charge in [-0.05, 0) is 30.9 Å². The van der Waals surface area contributed by atoms with E-state index in [9.17, 15) is 9.59 Å². The van der Waals surface area contributed by atoms with Crippen LogP contribution in [-0.2, 0) is 9.59 Å². The van der Waals surface area contributed by atoms with E-state index < -0.39 is 0 Å². The number of carbonyl (C=O) groups excluding carboxylic acids is 2. The van der Waals surface area contributed by atoms with E-state index in [1.165, 1.54) is 6.92 Å². The summed E-state index contributed by atoms with van der Waals surface area (Å²) >= 11 is 6.17. The van der Waals surface area contributed by atoms with E-state index in [2.05, 4.69) is 5.32 Å². The number of hydrogen-bond donors (Lipinski definition) is 1. The second kappa shape index (κ2) is 6.79. The van der Waals surface area contributed by atoms with Crippen molar-refractivity contribution in [1.29, 1.82) is 0 Å². The van der Waals surface area contributed by atoms with Crippen LogP contribution in [0.15, 0.2) is 24.3 Å². The number of hydrogen-bond acceptors (Lipinski definition) is 3. The molecule has 0 aromatic heterocycles. The molecule has 124 valence electrons. The molecule has 0 spiro atoms. The maximum atomic E-state index is 12.1. The van der Waals surface area contributed by atoms with Crippen molar-refractivity contribution in [3.8, 4) is 5.75 Å². The molecule has 2 fully saturated rings. The Morgan fingerprint density at radius 3 is 2.83 bits per heavy atom. The normalized spacial score (nSPS) is 26.0. The van der Waals surface area contributed by atoms with Crippen molar-refractivity contribution in [2.45, 2.75) is 25.9 Å². The summed E-state index contributed by atoms with van der Waals surface area (Å²) in [4.78, 5) is 24.9. The van der Waals surface area contributed by atoms with E-state index in [0.717, 1.165) is 19.4 Å². The Balaban J connectivity index is 1.59. The summed E-state index contributed by atoms with van der Waals surface area (Å²) in [7, 11) is 0. The highest BCUT2D eigenvalue weighted by atomic mass is 35.5. The fourth-order valence-electron chi connectivity index (χ4n) is 3.58. The smallest absolute Gasteiger partial charge is 0.241 e. The molecular weight excluding hydrogens is 316 g/mol. The predicted octanol–water partition coefficient (Wildman–Crippen LogP) is 2.09. The topological polar surface area (TPSA) is 58.6 Å². The summed E-state index contributed by atoms with van der Waals surface area (Å²) < 4.78 is 6.11. The van der Waals surface area contributed by atoms with Crippen molar-refractivity contribution < 1.29 is 14.3 Å². The van der Waals surface area contributed by atoms with E-state index in [4.69, 9.17) is 16.3 Å². The van der Waals surface area contributed by atoms with Crippen LogP contribution in [0, 0.1) is 11.8 Å². The summed E-state index contributed by atoms with van der Waals surface area (Å²) in [6.45, 7) is 2.94. The highest BCUT2D eigenvalue weighted by Gasteiger charge is 2.45. The van der Waals surface area contributed by atoms with Crippen LogP contribution < -0.4 is 10.1 Å². The number of fused-ring (bicyclic) bond motifs is 1. The van der Waals surface area contributed by atoms with Crippen molar-refractivity contribution in [2.75, 3.05) is 19.6 Å². The lowest BCUT2D eigenvalue weighted by atomic mass is 9.99. The van der Waals surface area contributed by atoms with Gasteiger partial charge in [-0.1, -0.05) is 23.7 Å². The molecule has 1 saturated heterocycles. The van der Waals surface area contributed by atoms with Crippen molar-refractivity contribution in [2.24, 2.45) is 11.8 Å². The lowest BCUT2D eigenvalue weighted by Gasteiger charge is -2.22. The SMILES string of the molecule is CC(=O)NCC(=O)N1C[C@@H]2CC[C@H](Oc3ccccc3Cl)[C@@H]2C1. The maximum absolute atomic E-state index is 12.1. The number of halogens is 1. The third-order valence-electron chi connectivity index (χ3n) is 4.75. The van der Waals surface area contributed by atoms with Crippen molar-refractivity contribution in [3.05, 3.63) is 29.3 Å². The van der Waals surface area contributed by atoms with Gasteiger partial charge in [0.2, 0.25) is 11.8 Å². The van der Waals surface area contributed by atoms with E-state index in [1.807, 2.05) is 29.2 Å². The Hall–Kier alpha value is -1.75. The average molecular weight is 337 g/mol. The summed E-state index contributed by atoms with van der Waals surface area (Å²) in [5.74, 6) is 1.32. The first-order valence-corrected chi connectivity index (χ1v) is 8.36. The van der Waals surface area contributed by atoms with Crippen LogP contribution in [0.5, 0.6) is 5.75 Å². The number of benzene rings is 1. The molecule has 3 rings (SSSR count). The van der Waals surface area contributed by atoms with Crippen LogP contribution in [-0.4, -0.2) is 42.5 Å². The van der Waals surface area contributed by atoms with Gasteiger partial charge < -0.3 is 15.0 Å². The number of carbonyl (C=O) groups is 2. The molecule has 0 radical (unpaired) electrons. The monoisotopic (exact) mass is 336 g/mol. The first-order valence-electron chi connectivity index (χ1n) is 7.98. The van der Waals surface area contributed by atoms with Gasteiger partial charge in [0, 0.05) is 25.9 Å². The standard InChI is InChI=1S/C17H21ClN2O3/c1-11(21)19-8-17(22)20-9-12-6-7-15(13(12)10-20)23-16-5-3-2-4-14(16)18/h2-5,12-13,15H,6-10H2,1H3,(H,19,21)/t12-,13+,15-/m0/s1. The minimum absolute atomic E-state index is 0.0221. The zero-order chi connectivity index (χ0) is 16.4. The number of amides is 2. The van der Waals surface area contributed by atoms with Gasteiger partial charge in [-0.2, -0.15) is 0 Å². The van der Waals surface area contributed by atoms with E-state index >= 15 is 0 Å². The van der Waals surface area contributed by atoms with Crippen LogP contribution in [0.2, 0.25) is 5.02 Å². The van der Waals surface area contributed by atoms with Gasteiger partial charge in [-0.3, -0.25) is 9.59 Å². The summed E-state index contributed by atoms with van der Waals surface area (Å²) in [5.41, 5.74) is 0. The van der Waals surface area contributed by atoms with Crippen LogP contribution in [0.4, 0.5) is 0 Å². The molecule has 2 aliphatic rings. The number of nitrogens with one attached hydrogen (secondary N) is 1. The Morgan fingerprint density at radius 2 is 2.09 bits per heavy atom. The van der Waals surface area contributed by atoms with Gasteiger partial charge in [0.15, 0.2) is 0 Å². The number of para-hydroxylation sites is 1. The summed E-state index contributed by atoms with van der Waals surface area (Å²) in [6, 6.07) is 7.49. The Morgan fingerprint density at radius 1 is 1.30 bits per heavy atom. The lowest BCUT2D eigenvalue weighted by Crippen LogP contribution is -2.39. The fourth-order valence-corrected chi connectivity index (χ4v) is 3.76. The first kappa shape index (κ1) is 16.1. The molecule has 2 amide bonds. The van der Waals surface area contributed by atoms with Crippen LogP contribution in [0.3, 0.4) is 0 Å². The molecule has 1 aromatic carbocycles. The molecule has 1 aliphatic heterocycles. The largest absolute Gasteiger partial charge is 0.489 e. The average Bonchev–Trinajstić information content (AvgIpc) is 3.09. The third kappa shape index (κ3) is 3.61. The summed E-state index contributed by atoms with van der Waals surface area (Å²) in [6.07, 6.45) is 2.15. The minimum Gasteiger partial charge on any atom is -0.489 e. The molecule has 1 aromatic rings. The molecular formula is C17H21ClN2O3. The van der Waals surface area contributed by atoms with Gasteiger partial charge in [0.1, 0.15) is 11.9 Å².